The third kappa shape index (κ3) is 5.35. The smallest absolute Gasteiger partial charge is 0.459 e. The Morgan fingerprint density at radius 3 is 2.48 bits per heavy atom. The van der Waals surface area contributed by atoms with Crippen LogP contribution in [0.15, 0.2) is 37.0 Å². The monoisotopic (exact) mass is 412 g/mol. The maximum atomic E-state index is 12.0. The van der Waals surface area contributed by atoms with Gasteiger partial charge in [-0.25, -0.2) is 19.2 Å². The molecule has 158 valence electrons. The third-order valence-corrected chi connectivity index (χ3v) is 3.98. The maximum Gasteiger partial charge on any atom is 0.508 e. The van der Waals surface area contributed by atoms with Gasteiger partial charge in [-0.15, -0.1) is 0 Å². The average molecular weight is 412 g/mol. The molecule has 2 heterocycles. The molecule has 0 amide bonds. The fourth-order valence-corrected chi connectivity index (χ4v) is 2.72. The van der Waals surface area contributed by atoms with Crippen molar-refractivity contribution in [3.63, 3.8) is 0 Å². The van der Waals surface area contributed by atoms with Crippen molar-refractivity contribution in [2.24, 2.45) is 0 Å². The zero-order chi connectivity index (χ0) is 21.6. The van der Waals surface area contributed by atoms with Gasteiger partial charge in [0.05, 0.1) is 0 Å². The molecule has 2 aliphatic rings. The molecule has 4 unspecified atom stereocenters. The van der Waals surface area contributed by atoms with E-state index < -0.39 is 48.2 Å². The van der Waals surface area contributed by atoms with E-state index in [1.54, 1.807) is 0 Å². The first-order chi connectivity index (χ1) is 13.7. The Balaban J connectivity index is 2.03. The van der Waals surface area contributed by atoms with Crippen molar-refractivity contribution < 1.29 is 52.7 Å². The molecule has 0 aromatic rings. The molecule has 2 aliphatic heterocycles. The summed E-state index contributed by atoms with van der Waals surface area (Å²) >= 11 is 0. The zero-order valence-electron chi connectivity index (χ0n) is 15.5. The molecule has 0 spiro atoms. The number of rotatable bonds is 9. The van der Waals surface area contributed by atoms with Gasteiger partial charge >= 0.3 is 24.2 Å². The minimum Gasteiger partial charge on any atom is -0.459 e. The van der Waals surface area contributed by atoms with Crippen molar-refractivity contribution in [3.05, 3.63) is 37.0 Å². The second-order valence-electron chi connectivity index (χ2n) is 6.11. The Labute approximate surface area is 165 Å². The molecule has 1 N–H and O–H groups in total. The molecule has 2 rings (SSSR count). The zero-order valence-corrected chi connectivity index (χ0v) is 15.5. The van der Waals surface area contributed by atoms with Crippen molar-refractivity contribution in [1.29, 1.82) is 0 Å². The maximum absolute atomic E-state index is 12.0. The summed E-state index contributed by atoms with van der Waals surface area (Å²) in [5.74, 6) is -1.39. The highest BCUT2D eigenvalue weighted by Gasteiger charge is 2.62. The van der Waals surface area contributed by atoms with Gasteiger partial charge in [0.1, 0.15) is 25.9 Å². The van der Waals surface area contributed by atoms with Crippen LogP contribution in [-0.4, -0.2) is 73.1 Å². The van der Waals surface area contributed by atoms with Gasteiger partial charge in [-0.1, -0.05) is 19.2 Å². The summed E-state index contributed by atoms with van der Waals surface area (Å²) in [7, 11) is 0. The standard InChI is InChI=1S/C18H20O11/c1-4-12(19)24-7-8-25-17(23)28-14-13(27-16(21)22)11-5-6-18(14,29-11)9-26-15(20)10(2)3/h4-6,11,13-14H,1-2,7-9H2,3H3,(H,21,22). The summed E-state index contributed by atoms with van der Waals surface area (Å²) in [6.45, 7) is 7.20. The lowest BCUT2D eigenvalue weighted by Crippen LogP contribution is -2.50. The van der Waals surface area contributed by atoms with Crippen LogP contribution < -0.4 is 0 Å². The van der Waals surface area contributed by atoms with E-state index in [0.29, 0.717) is 0 Å². The fourth-order valence-electron chi connectivity index (χ4n) is 2.72. The largest absolute Gasteiger partial charge is 0.508 e. The molecule has 4 atom stereocenters. The van der Waals surface area contributed by atoms with Crippen LogP contribution in [-0.2, 0) is 38.0 Å². The van der Waals surface area contributed by atoms with Crippen LogP contribution in [0.5, 0.6) is 0 Å². The molecule has 0 radical (unpaired) electrons. The van der Waals surface area contributed by atoms with E-state index in [0.717, 1.165) is 6.08 Å². The van der Waals surface area contributed by atoms with Crippen LogP contribution >= 0.6 is 0 Å². The second kappa shape index (κ2) is 9.24. The number of carbonyl (C=O) groups excluding carboxylic acids is 3. The Kier molecular flexibility index (Phi) is 6.99. The van der Waals surface area contributed by atoms with Crippen LogP contribution in [0.1, 0.15) is 6.92 Å². The highest BCUT2D eigenvalue weighted by molar-refractivity contribution is 5.87. The van der Waals surface area contributed by atoms with E-state index in [2.05, 4.69) is 17.9 Å². The lowest BCUT2D eigenvalue weighted by Gasteiger charge is -2.31. The van der Waals surface area contributed by atoms with Crippen LogP contribution in [0.2, 0.25) is 0 Å². The highest BCUT2D eigenvalue weighted by Crippen LogP contribution is 2.42. The van der Waals surface area contributed by atoms with E-state index in [4.69, 9.17) is 28.8 Å². The first-order valence-corrected chi connectivity index (χ1v) is 8.40. The van der Waals surface area contributed by atoms with Gasteiger partial charge in [0.15, 0.2) is 17.8 Å². The van der Waals surface area contributed by atoms with Crippen molar-refractivity contribution in [2.45, 2.75) is 30.8 Å². The number of esters is 2. The summed E-state index contributed by atoms with van der Waals surface area (Å²) in [5, 5.41) is 8.95. The van der Waals surface area contributed by atoms with E-state index in [1.165, 1.54) is 19.1 Å². The number of hydrogen-bond donors (Lipinski definition) is 1. The minimum absolute atomic E-state index is 0.141. The van der Waals surface area contributed by atoms with E-state index in [1.807, 2.05) is 0 Å². The Morgan fingerprint density at radius 1 is 1.17 bits per heavy atom. The molecule has 11 heteroatoms. The van der Waals surface area contributed by atoms with E-state index >= 15 is 0 Å². The van der Waals surface area contributed by atoms with Crippen molar-refractivity contribution in [2.75, 3.05) is 19.8 Å². The average Bonchev–Trinajstić information content (AvgIpc) is 3.20. The van der Waals surface area contributed by atoms with Crippen molar-refractivity contribution >= 4 is 24.2 Å². The number of hydrogen-bond acceptors (Lipinski definition) is 10. The summed E-state index contributed by atoms with van der Waals surface area (Å²) in [6.07, 6.45) is -2.16. The Bertz CT molecular complexity index is 740. The van der Waals surface area contributed by atoms with E-state index in [-0.39, 0.29) is 25.4 Å². The van der Waals surface area contributed by atoms with Crippen LogP contribution in [0, 0.1) is 0 Å². The Morgan fingerprint density at radius 2 is 1.86 bits per heavy atom. The van der Waals surface area contributed by atoms with Gasteiger partial charge in [0.2, 0.25) is 0 Å². The van der Waals surface area contributed by atoms with Gasteiger partial charge < -0.3 is 33.5 Å². The van der Waals surface area contributed by atoms with E-state index in [9.17, 15) is 19.2 Å². The Hall–Kier alpha value is -3.34. The molecule has 1 fully saturated rings. The van der Waals surface area contributed by atoms with Gasteiger partial charge in [0, 0.05) is 11.6 Å². The predicted octanol–water partition coefficient (Wildman–Crippen LogP) is 1.13. The minimum atomic E-state index is -1.60. The van der Waals surface area contributed by atoms with Crippen molar-refractivity contribution in [1.82, 2.24) is 0 Å². The second-order valence-corrected chi connectivity index (χ2v) is 6.11. The number of carbonyl (C=O) groups is 4. The number of carboxylic acid groups (broad SMARTS) is 1. The van der Waals surface area contributed by atoms with Crippen LogP contribution in [0.25, 0.3) is 0 Å². The first kappa shape index (κ1) is 22.0. The topological polar surface area (TPSA) is 144 Å². The summed E-state index contributed by atoms with van der Waals surface area (Å²) in [5.41, 5.74) is -1.31. The third-order valence-electron chi connectivity index (χ3n) is 3.98. The molecule has 11 nitrogen and oxygen atoms in total. The molecule has 0 aliphatic carbocycles. The summed E-state index contributed by atoms with van der Waals surface area (Å²) in [6, 6.07) is 0. The van der Waals surface area contributed by atoms with Crippen LogP contribution in [0.3, 0.4) is 0 Å². The molecule has 1 saturated heterocycles. The molecule has 0 aromatic carbocycles. The predicted molar refractivity (Wildman–Crippen MR) is 92.8 cm³/mol. The highest BCUT2D eigenvalue weighted by atomic mass is 16.8. The van der Waals surface area contributed by atoms with Crippen molar-refractivity contribution in [3.8, 4) is 0 Å². The molecule has 0 saturated carbocycles. The van der Waals surface area contributed by atoms with Gasteiger partial charge in [0.25, 0.3) is 0 Å². The quantitative estimate of drug-likeness (QED) is 0.191. The number of fused-ring (bicyclic) bond motifs is 2. The molecular formula is C18H20O11. The normalized spacial score (nSPS) is 26.3. The molecule has 29 heavy (non-hydrogen) atoms. The lowest BCUT2D eigenvalue weighted by atomic mass is 9.90. The van der Waals surface area contributed by atoms with Gasteiger partial charge in [-0.3, -0.25) is 0 Å². The summed E-state index contributed by atoms with van der Waals surface area (Å²) < 4.78 is 30.2. The molecule has 2 bridgehead atoms. The van der Waals surface area contributed by atoms with Gasteiger partial charge in [-0.05, 0) is 13.0 Å². The molecule has 0 aromatic heterocycles. The van der Waals surface area contributed by atoms with Crippen LogP contribution in [0.4, 0.5) is 9.59 Å². The molecular weight excluding hydrogens is 392 g/mol. The fraction of sp³-hybridized carbons (Fsp3) is 0.444. The number of ether oxygens (including phenoxy) is 6. The van der Waals surface area contributed by atoms with Gasteiger partial charge in [-0.2, -0.15) is 0 Å². The lowest BCUT2D eigenvalue weighted by molar-refractivity contribution is -0.150. The first-order valence-electron chi connectivity index (χ1n) is 8.40. The SMILES string of the molecule is C=CC(=O)OCCOC(=O)OC1C(OC(=O)O)C2C=CC1(COC(=O)C(=C)C)O2. The summed E-state index contributed by atoms with van der Waals surface area (Å²) in [4.78, 5) is 45.6.